The van der Waals surface area contributed by atoms with Gasteiger partial charge in [0.1, 0.15) is 0 Å². The Morgan fingerprint density at radius 2 is 2.19 bits per heavy atom. The van der Waals surface area contributed by atoms with E-state index in [-0.39, 0.29) is 0 Å². The minimum Gasteiger partial charge on any atom is -0.390 e. The molecule has 1 aliphatic carbocycles. The number of nitrogens with zero attached hydrogens (tertiary/aromatic N) is 1. The van der Waals surface area contributed by atoms with Crippen LogP contribution in [0.2, 0.25) is 0 Å². The van der Waals surface area contributed by atoms with Gasteiger partial charge in [-0.3, -0.25) is 10.1 Å². The standard InChI is InChI=1S/C11H12FNO3/c12-10-8(4-5-11(14)6-7-11)2-1-3-9(10)13(15)16/h1-3,14H,4-7H2. The van der Waals surface area contributed by atoms with Crippen molar-refractivity contribution in [2.75, 3.05) is 0 Å². The van der Waals surface area contributed by atoms with Crippen molar-refractivity contribution in [1.29, 1.82) is 0 Å². The number of hydrogen-bond acceptors (Lipinski definition) is 3. The fourth-order valence-corrected chi connectivity index (χ4v) is 1.66. The van der Waals surface area contributed by atoms with E-state index in [2.05, 4.69) is 0 Å². The smallest absolute Gasteiger partial charge is 0.305 e. The molecule has 16 heavy (non-hydrogen) atoms. The Labute approximate surface area is 91.9 Å². The van der Waals surface area contributed by atoms with Crippen LogP contribution in [0.4, 0.5) is 10.1 Å². The third kappa shape index (κ3) is 2.19. The Balaban J connectivity index is 2.14. The molecule has 0 spiro atoms. The average molecular weight is 225 g/mol. The summed E-state index contributed by atoms with van der Waals surface area (Å²) in [7, 11) is 0. The topological polar surface area (TPSA) is 63.4 Å². The van der Waals surface area contributed by atoms with E-state index in [1.165, 1.54) is 12.1 Å². The van der Waals surface area contributed by atoms with Gasteiger partial charge in [0, 0.05) is 6.07 Å². The minimum absolute atomic E-state index is 0.300. The molecule has 4 nitrogen and oxygen atoms in total. The maximum absolute atomic E-state index is 13.6. The van der Waals surface area contributed by atoms with Crippen molar-refractivity contribution in [3.8, 4) is 0 Å². The van der Waals surface area contributed by atoms with E-state index in [1.807, 2.05) is 0 Å². The van der Waals surface area contributed by atoms with Crippen LogP contribution < -0.4 is 0 Å². The summed E-state index contributed by atoms with van der Waals surface area (Å²) in [5.41, 5.74) is -0.855. The molecule has 1 aromatic carbocycles. The summed E-state index contributed by atoms with van der Waals surface area (Å²) in [4.78, 5) is 9.77. The summed E-state index contributed by atoms with van der Waals surface area (Å²) >= 11 is 0. The third-order valence-corrected chi connectivity index (χ3v) is 2.94. The third-order valence-electron chi connectivity index (χ3n) is 2.94. The molecule has 0 atom stereocenters. The Morgan fingerprint density at radius 1 is 1.50 bits per heavy atom. The van der Waals surface area contributed by atoms with Crippen LogP contribution >= 0.6 is 0 Å². The molecule has 1 saturated carbocycles. The lowest BCUT2D eigenvalue weighted by Gasteiger charge is -2.07. The molecular formula is C11H12FNO3. The fraction of sp³-hybridized carbons (Fsp3) is 0.455. The van der Waals surface area contributed by atoms with E-state index in [9.17, 15) is 19.6 Å². The van der Waals surface area contributed by atoms with Crippen molar-refractivity contribution >= 4 is 5.69 Å². The van der Waals surface area contributed by atoms with Crippen LogP contribution in [-0.2, 0) is 6.42 Å². The van der Waals surface area contributed by atoms with E-state index in [0.29, 0.717) is 18.4 Å². The Bertz CT molecular complexity index is 429. The highest BCUT2D eigenvalue weighted by Gasteiger charge is 2.39. The molecule has 1 aromatic rings. The molecular weight excluding hydrogens is 213 g/mol. The van der Waals surface area contributed by atoms with Crippen molar-refractivity contribution in [2.45, 2.75) is 31.3 Å². The molecule has 0 heterocycles. The SMILES string of the molecule is O=[N+]([O-])c1cccc(CCC2(O)CC2)c1F. The van der Waals surface area contributed by atoms with Gasteiger partial charge in [-0.05, 0) is 31.2 Å². The number of rotatable bonds is 4. The largest absolute Gasteiger partial charge is 0.390 e. The van der Waals surface area contributed by atoms with Gasteiger partial charge in [-0.1, -0.05) is 12.1 Å². The van der Waals surface area contributed by atoms with Gasteiger partial charge < -0.3 is 5.11 Å². The van der Waals surface area contributed by atoms with E-state index >= 15 is 0 Å². The van der Waals surface area contributed by atoms with Gasteiger partial charge in [-0.25, -0.2) is 0 Å². The zero-order valence-corrected chi connectivity index (χ0v) is 8.65. The summed E-state index contributed by atoms with van der Waals surface area (Å²) in [5, 5.41) is 20.1. The van der Waals surface area contributed by atoms with Crippen LogP contribution in [0.1, 0.15) is 24.8 Å². The first-order valence-corrected chi connectivity index (χ1v) is 5.16. The predicted molar refractivity (Wildman–Crippen MR) is 55.6 cm³/mol. The first-order chi connectivity index (χ1) is 7.52. The van der Waals surface area contributed by atoms with Gasteiger partial charge in [-0.2, -0.15) is 4.39 Å². The van der Waals surface area contributed by atoms with Crippen molar-refractivity contribution < 1.29 is 14.4 Å². The maximum Gasteiger partial charge on any atom is 0.305 e. The molecule has 1 fully saturated rings. The number of aryl methyl sites for hydroxylation is 1. The molecule has 86 valence electrons. The van der Waals surface area contributed by atoms with Crippen LogP contribution in [0.5, 0.6) is 0 Å². The number of benzene rings is 1. The van der Waals surface area contributed by atoms with E-state index in [4.69, 9.17) is 0 Å². The highest BCUT2D eigenvalue weighted by molar-refractivity contribution is 5.36. The van der Waals surface area contributed by atoms with Crippen molar-refractivity contribution in [1.82, 2.24) is 0 Å². The summed E-state index contributed by atoms with van der Waals surface area (Å²) in [6, 6.07) is 4.13. The molecule has 5 heteroatoms. The first-order valence-electron chi connectivity index (χ1n) is 5.16. The quantitative estimate of drug-likeness (QED) is 0.631. The highest BCUT2D eigenvalue weighted by Crippen LogP contribution is 2.39. The molecule has 1 aliphatic rings. The van der Waals surface area contributed by atoms with Crippen LogP contribution in [0.25, 0.3) is 0 Å². The van der Waals surface area contributed by atoms with E-state index in [0.717, 1.165) is 18.9 Å². The molecule has 0 radical (unpaired) electrons. The Kier molecular flexibility index (Phi) is 2.63. The van der Waals surface area contributed by atoms with Gasteiger partial charge in [0.15, 0.2) is 0 Å². The summed E-state index contributed by atoms with van der Waals surface area (Å²) in [5.74, 6) is -0.781. The van der Waals surface area contributed by atoms with Crippen LogP contribution in [-0.4, -0.2) is 15.6 Å². The predicted octanol–water partition coefficient (Wildman–Crippen LogP) is 2.19. The van der Waals surface area contributed by atoms with Gasteiger partial charge >= 0.3 is 5.69 Å². The molecule has 0 amide bonds. The van der Waals surface area contributed by atoms with E-state index in [1.54, 1.807) is 0 Å². The monoisotopic (exact) mass is 225 g/mol. The lowest BCUT2D eigenvalue weighted by molar-refractivity contribution is -0.387. The van der Waals surface area contributed by atoms with Gasteiger partial charge in [0.25, 0.3) is 0 Å². The van der Waals surface area contributed by atoms with Gasteiger partial charge in [0.05, 0.1) is 10.5 Å². The number of nitro benzene ring substituents is 1. The number of aliphatic hydroxyl groups is 1. The van der Waals surface area contributed by atoms with Crippen molar-refractivity contribution in [3.63, 3.8) is 0 Å². The first kappa shape index (κ1) is 11.0. The number of halogens is 1. The fourth-order valence-electron chi connectivity index (χ4n) is 1.66. The average Bonchev–Trinajstić information content (AvgIpc) is 2.95. The minimum atomic E-state index is -0.781. The molecule has 0 saturated heterocycles. The zero-order chi connectivity index (χ0) is 11.8. The lowest BCUT2D eigenvalue weighted by Crippen LogP contribution is -2.09. The van der Waals surface area contributed by atoms with E-state index < -0.39 is 22.0 Å². The number of nitro groups is 1. The van der Waals surface area contributed by atoms with Crippen molar-refractivity contribution in [2.24, 2.45) is 0 Å². The Hall–Kier alpha value is -1.49. The molecule has 2 rings (SSSR count). The maximum atomic E-state index is 13.6. The van der Waals surface area contributed by atoms with Gasteiger partial charge in [-0.15, -0.1) is 0 Å². The summed E-state index contributed by atoms with van der Waals surface area (Å²) in [6.45, 7) is 0. The molecule has 1 N–H and O–H groups in total. The second-order valence-electron chi connectivity index (χ2n) is 4.23. The Morgan fingerprint density at radius 3 is 2.75 bits per heavy atom. The second kappa shape index (κ2) is 3.83. The zero-order valence-electron chi connectivity index (χ0n) is 8.65. The lowest BCUT2D eigenvalue weighted by atomic mass is 10.0. The molecule has 0 bridgehead atoms. The van der Waals surface area contributed by atoms with Crippen LogP contribution in [0.15, 0.2) is 18.2 Å². The molecule has 0 aromatic heterocycles. The highest BCUT2D eigenvalue weighted by atomic mass is 19.1. The normalized spacial score (nSPS) is 17.1. The molecule has 0 aliphatic heterocycles. The number of hydrogen-bond donors (Lipinski definition) is 1. The summed E-state index contributed by atoms with van der Waals surface area (Å²) < 4.78 is 13.6. The summed E-state index contributed by atoms with van der Waals surface area (Å²) in [6.07, 6.45) is 2.28. The van der Waals surface area contributed by atoms with Crippen LogP contribution in [0.3, 0.4) is 0 Å². The van der Waals surface area contributed by atoms with Crippen LogP contribution in [0, 0.1) is 15.9 Å². The van der Waals surface area contributed by atoms with Crippen molar-refractivity contribution in [3.05, 3.63) is 39.7 Å². The molecule has 0 unspecified atom stereocenters. The van der Waals surface area contributed by atoms with Gasteiger partial charge in [0.2, 0.25) is 5.82 Å². The second-order valence-corrected chi connectivity index (χ2v) is 4.23.